The molecule has 0 spiro atoms. The summed E-state index contributed by atoms with van der Waals surface area (Å²) in [6, 6.07) is 5.82. The number of nitrogens with one attached hydrogen (secondary N) is 1. The zero-order valence-corrected chi connectivity index (χ0v) is 10.4. The Kier molecular flexibility index (Phi) is 3.17. The third-order valence-electron chi connectivity index (χ3n) is 3.33. The Hall–Kier alpha value is -1.39. The van der Waals surface area contributed by atoms with Crippen molar-refractivity contribution in [1.82, 2.24) is 5.32 Å². The van der Waals surface area contributed by atoms with Gasteiger partial charge in [0.05, 0.1) is 18.6 Å². The standard InChI is InChI=1S/C13H18N2O2/c1-8(16)13(14-2)9-4-5-11-10(6-9)7-12(17)15(11)3/h4-6,8,13-14,16H,7H2,1-3H3. The Balaban J connectivity index is 2.35. The Morgan fingerprint density at radius 1 is 1.47 bits per heavy atom. The summed E-state index contributed by atoms with van der Waals surface area (Å²) in [6.07, 6.45) is -0.0106. The van der Waals surface area contributed by atoms with Gasteiger partial charge in [0, 0.05) is 12.7 Å². The largest absolute Gasteiger partial charge is 0.391 e. The second-order valence-electron chi connectivity index (χ2n) is 4.52. The van der Waals surface area contributed by atoms with Crippen LogP contribution < -0.4 is 10.2 Å². The third-order valence-corrected chi connectivity index (χ3v) is 3.33. The van der Waals surface area contributed by atoms with E-state index in [1.807, 2.05) is 25.2 Å². The first kappa shape index (κ1) is 12.1. The molecule has 2 rings (SSSR count). The highest BCUT2D eigenvalue weighted by Gasteiger charge is 2.25. The molecule has 4 nitrogen and oxygen atoms in total. The van der Waals surface area contributed by atoms with Crippen LogP contribution in [-0.2, 0) is 11.2 Å². The molecule has 0 aromatic heterocycles. The Morgan fingerprint density at radius 3 is 2.76 bits per heavy atom. The number of aliphatic hydroxyl groups is 1. The van der Waals surface area contributed by atoms with Gasteiger partial charge in [0.15, 0.2) is 0 Å². The number of hydrogen-bond donors (Lipinski definition) is 2. The minimum atomic E-state index is -0.465. The SMILES string of the molecule is CNC(c1ccc2c(c1)CC(=O)N2C)C(C)O. The molecule has 1 aliphatic heterocycles. The minimum Gasteiger partial charge on any atom is -0.391 e. The second-order valence-corrected chi connectivity index (χ2v) is 4.52. The third kappa shape index (κ3) is 2.06. The molecule has 4 heteroatoms. The molecule has 0 radical (unpaired) electrons. The first-order valence-electron chi connectivity index (χ1n) is 5.79. The van der Waals surface area contributed by atoms with Crippen molar-refractivity contribution in [3.05, 3.63) is 29.3 Å². The van der Waals surface area contributed by atoms with Gasteiger partial charge in [-0.1, -0.05) is 12.1 Å². The summed E-state index contributed by atoms with van der Waals surface area (Å²) in [7, 11) is 3.61. The number of amides is 1. The average Bonchev–Trinajstić information content (AvgIpc) is 2.55. The number of carbonyl (C=O) groups excluding carboxylic acids is 1. The highest BCUT2D eigenvalue weighted by molar-refractivity contribution is 6.00. The highest BCUT2D eigenvalue weighted by Crippen LogP contribution is 2.30. The Labute approximate surface area is 101 Å². The molecular formula is C13H18N2O2. The van der Waals surface area contributed by atoms with Crippen molar-refractivity contribution in [2.75, 3.05) is 19.0 Å². The van der Waals surface area contributed by atoms with E-state index in [4.69, 9.17) is 0 Å². The molecule has 2 unspecified atom stereocenters. The minimum absolute atomic E-state index is 0.0960. The van der Waals surface area contributed by atoms with E-state index in [9.17, 15) is 9.90 Å². The Morgan fingerprint density at radius 2 is 2.18 bits per heavy atom. The van der Waals surface area contributed by atoms with Crippen LogP contribution in [0.15, 0.2) is 18.2 Å². The van der Waals surface area contributed by atoms with E-state index in [2.05, 4.69) is 5.32 Å². The van der Waals surface area contributed by atoms with Crippen molar-refractivity contribution in [1.29, 1.82) is 0 Å². The summed E-state index contributed by atoms with van der Waals surface area (Å²) in [5.41, 5.74) is 3.03. The number of hydrogen-bond acceptors (Lipinski definition) is 3. The van der Waals surface area contributed by atoms with E-state index in [0.29, 0.717) is 6.42 Å². The van der Waals surface area contributed by atoms with Gasteiger partial charge in [-0.3, -0.25) is 4.79 Å². The van der Waals surface area contributed by atoms with E-state index in [0.717, 1.165) is 16.8 Å². The van der Waals surface area contributed by atoms with Gasteiger partial charge in [-0.15, -0.1) is 0 Å². The lowest BCUT2D eigenvalue weighted by Crippen LogP contribution is -2.27. The molecule has 0 saturated carbocycles. The predicted octanol–water partition coefficient (Wildman–Crippen LogP) is 0.847. The van der Waals surface area contributed by atoms with Crippen LogP contribution in [0.5, 0.6) is 0 Å². The van der Waals surface area contributed by atoms with E-state index < -0.39 is 6.10 Å². The maximum Gasteiger partial charge on any atom is 0.231 e. The van der Waals surface area contributed by atoms with Crippen molar-refractivity contribution < 1.29 is 9.90 Å². The zero-order valence-electron chi connectivity index (χ0n) is 10.4. The van der Waals surface area contributed by atoms with E-state index in [1.165, 1.54) is 0 Å². The number of nitrogens with zero attached hydrogens (tertiary/aromatic N) is 1. The van der Waals surface area contributed by atoms with E-state index in [-0.39, 0.29) is 11.9 Å². The smallest absolute Gasteiger partial charge is 0.231 e. The molecule has 17 heavy (non-hydrogen) atoms. The van der Waals surface area contributed by atoms with Crippen LogP contribution in [0.4, 0.5) is 5.69 Å². The first-order chi connectivity index (χ1) is 8.04. The van der Waals surface area contributed by atoms with Gasteiger partial charge < -0.3 is 15.3 Å². The molecule has 1 aliphatic rings. The number of carbonyl (C=O) groups is 1. The van der Waals surface area contributed by atoms with Crippen LogP contribution in [0.3, 0.4) is 0 Å². The quantitative estimate of drug-likeness (QED) is 0.815. The maximum absolute atomic E-state index is 11.6. The molecule has 0 aliphatic carbocycles. The Bertz CT molecular complexity index is 443. The van der Waals surface area contributed by atoms with Gasteiger partial charge in [0.25, 0.3) is 0 Å². The molecule has 92 valence electrons. The van der Waals surface area contributed by atoms with Gasteiger partial charge >= 0.3 is 0 Å². The normalized spacial score (nSPS) is 18.1. The summed E-state index contributed by atoms with van der Waals surface area (Å²) in [5, 5.41) is 12.8. The predicted molar refractivity (Wildman–Crippen MR) is 67.0 cm³/mol. The van der Waals surface area contributed by atoms with Gasteiger partial charge in [0.1, 0.15) is 0 Å². The monoisotopic (exact) mass is 234 g/mol. The fourth-order valence-corrected chi connectivity index (χ4v) is 2.37. The number of anilines is 1. The number of aliphatic hydroxyl groups excluding tert-OH is 1. The van der Waals surface area contributed by atoms with Crippen LogP contribution in [0, 0.1) is 0 Å². The fraction of sp³-hybridized carbons (Fsp3) is 0.462. The number of rotatable bonds is 3. The number of benzene rings is 1. The van der Waals surface area contributed by atoms with Crippen LogP contribution >= 0.6 is 0 Å². The molecule has 0 bridgehead atoms. The van der Waals surface area contributed by atoms with Gasteiger partial charge in [-0.05, 0) is 31.2 Å². The molecule has 1 aromatic rings. The number of likely N-dealkylation sites (N-methyl/N-ethyl adjacent to an activating group) is 2. The number of fused-ring (bicyclic) bond motifs is 1. The van der Waals surface area contributed by atoms with Crippen LogP contribution in [0.2, 0.25) is 0 Å². The lowest BCUT2D eigenvalue weighted by Gasteiger charge is -2.20. The molecule has 0 saturated heterocycles. The van der Waals surface area contributed by atoms with Crippen molar-refractivity contribution in [3.8, 4) is 0 Å². The van der Waals surface area contributed by atoms with E-state index >= 15 is 0 Å². The van der Waals surface area contributed by atoms with Gasteiger partial charge in [-0.25, -0.2) is 0 Å². The summed E-state index contributed by atoms with van der Waals surface area (Å²) in [6.45, 7) is 1.76. The summed E-state index contributed by atoms with van der Waals surface area (Å²) >= 11 is 0. The van der Waals surface area contributed by atoms with E-state index in [1.54, 1.807) is 18.9 Å². The van der Waals surface area contributed by atoms with Crippen LogP contribution in [-0.4, -0.2) is 31.2 Å². The molecule has 1 amide bonds. The lowest BCUT2D eigenvalue weighted by molar-refractivity contribution is -0.117. The van der Waals surface area contributed by atoms with Gasteiger partial charge in [0.2, 0.25) is 5.91 Å². The second kappa shape index (κ2) is 4.47. The van der Waals surface area contributed by atoms with Gasteiger partial charge in [-0.2, -0.15) is 0 Å². The molecule has 2 atom stereocenters. The maximum atomic E-state index is 11.6. The molecule has 1 heterocycles. The van der Waals surface area contributed by atoms with Crippen molar-refractivity contribution >= 4 is 11.6 Å². The van der Waals surface area contributed by atoms with Crippen molar-refractivity contribution in [2.24, 2.45) is 0 Å². The molecule has 2 N–H and O–H groups in total. The van der Waals surface area contributed by atoms with Crippen LogP contribution in [0.25, 0.3) is 0 Å². The van der Waals surface area contributed by atoms with Crippen molar-refractivity contribution in [3.63, 3.8) is 0 Å². The van der Waals surface area contributed by atoms with Crippen LogP contribution in [0.1, 0.15) is 24.1 Å². The molecule has 1 aromatic carbocycles. The van der Waals surface area contributed by atoms with Crippen molar-refractivity contribution in [2.45, 2.75) is 25.5 Å². The lowest BCUT2D eigenvalue weighted by atomic mass is 9.99. The average molecular weight is 234 g/mol. The summed E-state index contributed by atoms with van der Waals surface area (Å²) in [4.78, 5) is 13.3. The fourth-order valence-electron chi connectivity index (χ4n) is 2.37. The zero-order chi connectivity index (χ0) is 12.6. The highest BCUT2D eigenvalue weighted by atomic mass is 16.3. The summed E-state index contributed by atoms with van der Waals surface area (Å²) < 4.78 is 0. The molecular weight excluding hydrogens is 216 g/mol. The summed E-state index contributed by atoms with van der Waals surface area (Å²) in [5.74, 6) is 0.121. The molecule has 0 fully saturated rings. The topological polar surface area (TPSA) is 52.6 Å². The first-order valence-corrected chi connectivity index (χ1v) is 5.79.